The van der Waals surface area contributed by atoms with Crippen molar-refractivity contribution in [1.82, 2.24) is 40.4 Å². The number of hydrogen-bond acceptors (Lipinski definition) is 17. The Hall–Kier alpha value is -7.27. The molecule has 9 heterocycles. The second kappa shape index (κ2) is 23.9. The number of nitrogens with zero attached hydrogens (tertiary/aromatic N) is 10. The molecular weight excluding hydrogens is 1050 g/mol. The van der Waals surface area contributed by atoms with Gasteiger partial charge in [-0.15, -0.1) is 21.5 Å². The number of amides is 2. The maximum atomic E-state index is 14.4. The number of para-hydroxylation sites is 1. The second-order valence-corrected chi connectivity index (χ2v) is 24.9. The Morgan fingerprint density at radius 2 is 1.60 bits per heavy atom. The highest BCUT2D eigenvalue weighted by atomic mass is 32.1. The van der Waals surface area contributed by atoms with Gasteiger partial charge in [-0.1, -0.05) is 67.2 Å². The van der Waals surface area contributed by atoms with Gasteiger partial charge in [-0.05, 0) is 126 Å². The van der Waals surface area contributed by atoms with Crippen LogP contribution in [0.2, 0.25) is 0 Å². The lowest BCUT2D eigenvalue weighted by Crippen LogP contribution is -2.54. The topological polar surface area (TPSA) is 216 Å². The SMILES string of the molecule is Cc1ncsc1-c1ccc([C@H](C)NC(=O)[C@@H]2C[C@@H](O)CN2C(=O)[C@@H](c2cc(N3CCC(CN4CCC(C#CC5CC(Oc6cc(N7C8CC[C@@H]7CN(c7cc(-c9ccccc9O)nnc7N)C8)ccn6)C5)CC4)CC3)no2)C(C)C)cc1. The number of ether oxygens (including phenoxy) is 1. The van der Waals surface area contributed by atoms with Crippen LogP contribution in [0.4, 0.5) is 23.0 Å². The van der Waals surface area contributed by atoms with Crippen molar-refractivity contribution in [1.29, 1.82) is 0 Å². The number of carbonyl (C=O) groups excluding carboxylic acids is 2. The maximum absolute atomic E-state index is 14.4. The van der Waals surface area contributed by atoms with Crippen molar-refractivity contribution in [3.8, 4) is 45.2 Å². The molecule has 18 nitrogen and oxygen atoms in total. The van der Waals surface area contributed by atoms with Crippen molar-refractivity contribution >= 4 is 46.2 Å². The van der Waals surface area contributed by atoms with E-state index in [0.717, 1.165) is 136 Å². The fourth-order valence-corrected chi connectivity index (χ4v) is 14.3. The van der Waals surface area contributed by atoms with Crippen molar-refractivity contribution < 1.29 is 29.1 Å². The maximum Gasteiger partial charge on any atom is 0.243 e. The summed E-state index contributed by atoms with van der Waals surface area (Å²) < 4.78 is 12.4. The number of anilines is 4. The summed E-state index contributed by atoms with van der Waals surface area (Å²) in [5.74, 6) is 9.83. The lowest BCUT2D eigenvalue weighted by molar-refractivity contribution is -0.141. The third kappa shape index (κ3) is 11.8. The predicted octanol–water partition coefficient (Wildman–Crippen LogP) is 8.47. The number of fused-ring (bicyclic) bond motifs is 2. The number of aliphatic hydroxyl groups excluding tert-OH is 1. The molecular formula is C63H76N12O6S. The number of pyridine rings is 1. The van der Waals surface area contributed by atoms with E-state index < -0.39 is 18.1 Å². The number of aromatic hydroxyl groups is 1. The number of aryl methyl sites for hydroxylation is 1. The number of nitrogens with one attached hydrogen (secondary N) is 1. The third-order valence-electron chi connectivity index (χ3n) is 18.1. The summed E-state index contributed by atoms with van der Waals surface area (Å²) in [4.78, 5) is 49.6. The fourth-order valence-electron chi connectivity index (χ4n) is 13.5. The number of likely N-dealkylation sites (tertiary alicyclic amines) is 2. The summed E-state index contributed by atoms with van der Waals surface area (Å²) in [6.07, 6.45) is 9.67. The number of β-amino-alcohol motifs (C(OH)–C–C–N with tert-alkyl or cyclic N) is 1. The molecule has 1 aliphatic carbocycles. The first-order chi connectivity index (χ1) is 39.8. The summed E-state index contributed by atoms with van der Waals surface area (Å²) in [7, 11) is 0. The number of aliphatic hydroxyl groups is 1. The number of nitrogen functional groups attached to an aromatic ring is 1. The van der Waals surface area contributed by atoms with Gasteiger partial charge in [0.05, 0.1) is 39.6 Å². The molecule has 6 fully saturated rings. The van der Waals surface area contributed by atoms with Crippen molar-refractivity contribution in [2.75, 3.05) is 72.8 Å². The number of aromatic nitrogens is 5. The number of thiazole rings is 1. The minimum absolute atomic E-state index is 0.0864. The van der Waals surface area contributed by atoms with Crippen LogP contribution in [0.15, 0.2) is 89.0 Å². The van der Waals surface area contributed by atoms with Gasteiger partial charge in [-0.2, -0.15) is 0 Å². The van der Waals surface area contributed by atoms with Crippen molar-refractivity contribution in [3.05, 3.63) is 102 Å². The molecule has 19 heteroatoms. The predicted molar refractivity (Wildman–Crippen MR) is 317 cm³/mol. The van der Waals surface area contributed by atoms with Gasteiger partial charge in [0, 0.05) is 99.2 Å². The van der Waals surface area contributed by atoms with Crippen LogP contribution < -0.4 is 30.5 Å². The number of phenolic OH excluding ortho intramolecular Hbond substituents is 1. The lowest BCUT2D eigenvalue weighted by atomic mass is 9.82. The van der Waals surface area contributed by atoms with Gasteiger partial charge in [0.15, 0.2) is 17.4 Å². The number of piperazine rings is 1. The molecule has 2 bridgehead atoms. The molecule has 12 rings (SSSR count). The largest absolute Gasteiger partial charge is 0.507 e. The van der Waals surface area contributed by atoms with Gasteiger partial charge in [0.2, 0.25) is 17.7 Å². The van der Waals surface area contributed by atoms with Gasteiger partial charge in [0.1, 0.15) is 23.8 Å². The number of benzene rings is 2. The minimum atomic E-state index is -0.801. The number of nitrogens with two attached hydrogens (primary N) is 1. The van der Waals surface area contributed by atoms with E-state index in [1.54, 1.807) is 28.4 Å². The summed E-state index contributed by atoms with van der Waals surface area (Å²) in [5.41, 5.74) is 14.5. The van der Waals surface area contributed by atoms with E-state index in [2.05, 4.69) is 74.2 Å². The molecule has 1 saturated carbocycles. The van der Waals surface area contributed by atoms with Crippen LogP contribution in [0.5, 0.6) is 11.6 Å². The molecule has 6 aromatic rings. The molecule has 82 heavy (non-hydrogen) atoms. The normalized spacial score (nSPS) is 24.0. The zero-order valence-electron chi connectivity index (χ0n) is 47.4. The first kappa shape index (κ1) is 55.3. The molecule has 2 aromatic carbocycles. The first-order valence-electron chi connectivity index (χ1n) is 29.6. The molecule has 5 N–H and O–H groups in total. The van der Waals surface area contributed by atoms with Crippen LogP contribution in [-0.2, 0) is 9.59 Å². The lowest BCUT2D eigenvalue weighted by Gasteiger charge is -2.43. The van der Waals surface area contributed by atoms with Gasteiger partial charge in [-0.25, -0.2) is 9.97 Å². The Kier molecular flexibility index (Phi) is 16.1. The van der Waals surface area contributed by atoms with Gasteiger partial charge in [0.25, 0.3) is 0 Å². The third-order valence-corrected chi connectivity index (χ3v) is 19.1. The average molecular weight is 1130 g/mol. The van der Waals surface area contributed by atoms with E-state index >= 15 is 0 Å². The Labute approximate surface area is 484 Å². The summed E-state index contributed by atoms with van der Waals surface area (Å²) in [6, 6.07) is 22.9. The fraction of sp³-hybridized carbons (Fsp3) is 0.508. The number of piperidine rings is 2. The Morgan fingerprint density at radius 3 is 2.32 bits per heavy atom. The zero-order chi connectivity index (χ0) is 56.6. The Morgan fingerprint density at radius 1 is 0.854 bits per heavy atom. The smallest absolute Gasteiger partial charge is 0.243 e. The summed E-state index contributed by atoms with van der Waals surface area (Å²) in [6.45, 7) is 14.6. The highest BCUT2D eigenvalue weighted by molar-refractivity contribution is 7.13. The monoisotopic (exact) mass is 1130 g/mol. The molecule has 5 aliphatic heterocycles. The van der Waals surface area contributed by atoms with Gasteiger partial charge >= 0.3 is 0 Å². The van der Waals surface area contributed by atoms with E-state index in [4.69, 9.17) is 15.0 Å². The molecule has 6 atom stereocenters. The standard InChI is InChI=1S/C63H76N12O6S/c1-38(2)59(63(79)74-36-49(76)30-54(74)62(78)67-39(3)44-11-13-45(14-12-44)60-40(4)66-37-82-60)56-32-57(70-81-56)72-25-20-42(21-26-72)33-71-23-18-41(19-24-71)9-10-43-27-50(28-43)80-58-29-46(17-22-65-58)75-47-15-16-48(75)35-73(34-47)53-31-52(68-69-61(53)64)51-7-5-6-8-55(51)77/h5-8,11-14,17,22,29,31-32,37-39,41-43,47-50,54,59,76-77H,15-16,18-21,23-28,30,33-36H2,1-4H3,(H2,64,69)(H,67,78)/t39-,43?,47+,48?,49+,50?,54-,59+/m0/s1. The van der Waals surface area contributed by atoms with Crippen LogP contribution in [0.3, 0.4) is 0 Å². The van der Waals surface area contributed by atoms with E-state index in [0.29, 0.717) is 58.6 Å². The van der Waals surface area contributed by atoms with Crippen LogP contribution in [-0.4, -0.2) is 140 Å². The molecule has 5 saturated heterocycles. The molecule has 430 valence electrons. The first-order valence-corrected chi connectivity index (χ1v) is 30.5. The quantitative estimate of drug-likeness (QED) is 0.0710. The van der Waals surface area contributed by atoms with Gasteiger partial charge in [-0.3, -0.25) is 9.59 Å². The van der Waals surface area contributed by atoms with Crippen LogP contribution in [0.1, 0.15) is 108 Å². The van der Waals surface area contributed by atoms with E-state index in [1.807, 2.05) is 87.9 Å². The Balaban J connectivity index is 0.566. The minimum Gasteiger partial charge on any atom is -0.507 e. The number of rotatable bonds is 15. The number of phenols is 1. The van der Waals surface area contributed by atoms with Crippen LogP contribution in [0.25, 0.3) is 21.7 Å². The van der Waals surface area contributed by atoms with E-state index in [-0.39, 0.29) is 48.6 Å². The molecule has 4 aromatic heterocycles. The van der Waals surface area contributed by atoms with Gasteiger partial charge < -0.3 is 55.0 Å². The number of hydrogen-bond donors (Lipinski definition) is 4. The van der Waals surface area contributed by atoms with Crippen molar-refractivity contribution in [3.63, 3.8) is 0 Å². The number of carbonyl (C=O) groups is 2. The second-order valence-electron chi connectivity index (χ2n) is 24.1. The van der Waals surface area contributed by atoms with Crippen molar-refractivity contribution in [2.24, 2.45) is 23.7 Å². The molecule has 1 unspecified atom stereocenters. The molecule has 6 aliphatic rings. The molecule has 2 amide bonds. The molecule has 0 spiro atoms. The van der Waals surface area contributed by atoms with E-state index in [1.165, 1.54) is 0 Å². The van der Waals surface area contributed by atoms with E-state index in [9.17, 15) is 19.8 Å². The van der Waals surface area contributed by atoms with Crippen molar-refractivity contribution in [2.45, 2.75) is 128 Å². The van der Waals surface area contributed by atoms with Crippen LogP contribution in [0, 0.1) is 42.4 Å². The Bertz CT molecular complexity index is 3270. The zero-order valence-corrected chi connectivity index (χ0v) is 48.3. The average Bonchev–Trinajstić information content (AvgIpc) is 4.43. The van der Waals surface area contributed by atoms with Crippen LogP contribution >= 0.6 is 11.3 Å². The highest BCUT2D eigenvalue weighted by Gasteiger charge is 2.45. The molecule has 0 radical (unpaired) electrons. The summed E-state index contributed by atoms with van der Waals surface area (Å²) in [5, 5.41) is 37.5. The summed E-state index contributed by atoms with van der Waals surface area (Å²) >= 11 is 1.60. The highest BCUT2D eigenvalue weighted by Crippen LogP contribution is 2.41.